The second-order valence-corrected chi connectivity index (χ2v) is 2.81. The second kappa shape index (κ2) is 5.50. The summed E-state index contributed by atoms with van der Waals surface area (Å²) in [6, 6.07) is 5.37. The third kappa shape index (κ3) is 2.92. The first kappa shape index (κ1) is 12.8. The SMILES string of the molecule is CCC(=O)Oc1cccc(C)c1N.Cl. The van der Waals surface area contributed by atoms with Gasteiger partial charge in [-0.25, -0.2) is 0 Å². The number of esters is 1. The van der Waals surface area contributed by atoms with Crippen molar-refractivity contribution in [3.8, 4) is 5.75 Å². The van der Waals surface area contributed by atoms with Crippen molar-refractivity contribution in [3.63, 3.8) is 0 Å². The van der Waals surface area contributed by atoms with Crippen LogP contribution in [0.25, 0.3) is 0 Å². The van der Waals surface area contributed by atoms with Gasteiger partial charge in [0.25, 0.3) is 0 Å². The zero-order valence-electron chi connectivity index (χ0n) is 8.24. The van der Waals surface area contributed by atoms with Gasteiger partial charge in [-0.2, -0.15) is 0 Å². The van der Waals surface area contributed by atoms with E-state index in [0.717, 1.165) is 5.56 Å². The molecule has 1 aromatic carbocycles. The predicted molar refractivity (Wildman–Crippen MR) is 58.8 cm³/mol. The summed E-state index contributed by atoms with van der Waals surface area (Å²) in [6.07, 6.45) is 0.355. The van der Waals surface area contributed by atoms with Gasteiger partial charge in [-0.05, 0) is 18.6 Å². The summed E-state index contributed by atoms with van der Waals surface area (Å²) in [5.41, 5.74) is 7.16. The van der Waals surface area contributed by atoms with Crippen molar-refractivity contribution >= 4 is 24.1 Å². The summed E-state index contributed by atoms with van der Waals surface area (Å²) in [7, 11) is 0. The average molecular weight is 216 g/mol. The zero-order valence-corrected chi connectivity index (χ0v) is 9.06. The number of rotatable bonds is 2. The van der Waals surface area contributed by atoms with Crippen LogP contribution in [0, 0.1) is 6.92 Å². The molecule has 4 heteroatoms. The van der Waals surface area contributed by atoms with Gasteiger partial charge in [-0.3, -0.25) is 4.79 Å². The predicted octanol–water partition coefficient (Wildman–Crippen LogP) is 2.31. The van der Waals surface area contributed by atoms with E-state index >= 15 is 0 Å². The molecule has 0 saturated heterocycles. The minimum atomic E-state index is -0.266. The first-order chi connectivity index (χ1) is 6.15. The number of hydrogen-bond donors (Lipinski definition) is 1. The molecule has 0 unspecified atom stereocenters. The Balaban J connectivity index is 0.00000169. The molecule has 2 N–H and O–H groups in total. The lowest BCUT2D eigenvalue weighted by Crippen LogP contribution is -2.07. The lowest BCUT2D eigenvalue weighted by Gasteiger charge is -2.07. The Kier molecular flexibility index (Phi) is 5.02. The number of anilines is 1. The van der Waals surface area contributed by atoms with Crippen LogP contribution in [0.15, 0.2) is 18.2 Å². The number of aryl methyl sites for hydroxylation is 1. The Morgan fingerprint density at radius 2 is 2.14 bits per heavy atom. The first-order valence-corrected chi connectivity index (χ1v) is 4.21. The van der Waals surface area contributed by atoms with Gasteiger partial charge in [-0.1, -0.05) is 19.1 Å². The van der Waals surface area contributed by atoms with Crippen molar-refractivity contribution in [2.45, 2.75) is 20.3 Å². The molecule has 0 aromatic heterocycles. The van der Waals surface area contributed by atoms with Crippen molar-refractivity contribution < 1.29 is 9.53 Å². The standard InChI is InChI=1S/C10H13NO2.ClH/c1-3-9(12)13-8-6-4-5-7(2)10(8)11;/h4-6H,3,11H2,1-2H3;1H. The van der Waals surface area contributed by atoms with E-state index in [1.54, 1.807) is 13.0 Å². The number of hydrogen-bond acceptors (Lipinski definition) is 3. The molecule has 0 heterocycles. The molecule has 1 aromatic rings. The maximum Gasteiger partial charge on any atom is 0.310 e. The number of nitrogens with two attached hydrogens (primary N) is 1. The van der Waals surface area contributed by atoms with Gasteiger partial charge in [0.2, 0.25) is 0 Å². The average Bonchev–Trinajstić information content (AvgIpc) is 2.13. The van der Waals surface area contributed by atoms with Gasteiger partial charge in [0.1, 0.15) is 0 Å². The van der Waals surface area contributed by atoms with E-state index in [1.165, 1.54) is 0 Å². The van der Waals surface area contributed by atoms with Gasteiger partial charge >= 0.3 is 5.97 Å². The normalized spacial score (nSPS) is 9.00. The molecule has 0 fully saturated rings. The molecule has 14 heavy (non-hydrogen) atoms. The van der Waals surface area contributed by atoms with Gasteiger partial charge in [0.15, 0.2) is 5.75 Å². The van der Waals surface area contributed by atoms with E-state index in [-0.39, 0.29) is 18.4 Å². The lowest BCUT2D eigenvalue weighted by atomic mass is 10.2. The molecular formula is C10H14ClNO2. The van der Waals surface area contributed by atoms with Crippen molar-refractivity contribution in [1.29, 1.82) is 0 Å². The Morgan fingerprint density at radius 1 is 1.50 bits per heavy atom. The van der Waals surface area contributed by atoms with Gasteiger partial charge in [0, 0.05) is 6.42 Å². The molecule has 78 valence electrons. The number of para-hydroxylation sites is 1. The Hall–Kier alpha value is -1.22. The highest BCUT2D eigenvalue weighted by Gasteiger charge is 2.06. The molecule has 0 bridgehead atoms. The smallest absolute Gasteiger partial charge is 0.310 e. The highest BCUT2D eigenvalue weighted by Crippen LogP contribution is 2.24. The lowest BCUT2D eigenvalue weighted by molar-refractivity contribution is -0.133. The quantitative estimate of drug-likeness (QED) is 0.468. The van der Waals surface area contributed by atoms with Crippen LogP contribution in [0.3, 0.4) is 0 Å². The summed E-state index contributed by atoms with van der Waals surface area (Å²) in [5, 5.41) is 0. The molecule has 0 atom stereocenters. The minimum Gasteiger partial charge on any atom is -0.424 e. The number of halogens is 1. The van der Waals surface area contributed by atoms with Crippen molar-refractivity contribution in [2.24, 2.45) is 0 Å². The topological polar surface area (TPSA) is 52.3 Å². The summed E-state index contributed by atoms with van der Waals surface area (Å²) in [5.74, 6) is 0.184. The Bertz CT molecular complexity index is 326. The molecule has 3 nitrogen and oxygen atoms in total. The van der Waals surface area contributed by atoms with Crippen LogP contribution in [-0.2, 0) is 4.79 Å². The van der Waals surface area contributed by atoms with Crippen molar-refractivity contribution in [1.82, 2.24) is 0 Å². The van der Waals surface area contributed by atoms with Crippen molar-refractivity contribution in [2.75, 3.05) is 5.73 Å². The van der Waals surface area contributed by atoms with Gasteiger partial charge < -0.3 is 10.5 Å². The Labute approximate surface area is 89.7 Å². The number of nitrogen functional groups attached to an aromatic ring is 1. The monoisotopic (exact) mass is 215 g/mol. The fourth-order valence-corrected chi connectivity index (χ4v) is 0.938. The first-order valence-electron chi connectivity index (χ1n) is 4.21. The summed E-state index contributed by atoms with van der Waals surface area (Å²) in [6.45, 7) is 3.62. The molecule has 0 amide bonds. The molecule has 0 aliphatic heterocycles. The van der Waals surface area contributed by atoms with Crippen LogP contribution in [0.5, 0.6) is 5.75 Å². The van der Waals surface area contributed by atoms with Crippen LogP contribution >= 0.6 is 12.4 Å². The van der Waals surface area contributed by atoms with Crippen LogP contribution < -0.4 is 10.5 Å². The highest BCUT2D eigenvalue weighted by atomic mass is 35.5. The van der Waals surface area contributed by atoms with Crippen LogP contribution in [0.2, 0.25) is 0 Å². The number of carbonyl (C=O) groups is 1. The molecule has 0 spiro atoms. The third-order valence-corrected chi connectivity index (χ3v) is 1.80. The maximum atomic E-state index is 11.0. The van der Waals surface area contributed by atoms with E-state index in [4.69, 9.17) is 10.5 Å². The third-order valence-electron chi connectivity index (χ3n) is 1.80. The van der Waals surface area contributed by atoms with E-state index in [9.17, 15) is 4.79 Å². The molecule has 0 aliphatic rings. The molecule has 0 aliphatic carbocycles. The van der Waals surface area contributed by atoms with Crippen LogP contribution in [0.1, 0.15) is 18.9 Å². The number of ether oxygens (including phenoxy) is 1. The summed E-state index contributed by atoms with van der Waals surface area (Å²) >= 11 is 0. The van der Waals surface area contributed by atoms with Crippen LogP contribution in [-0.4, -0.2) is 5.97 Å². The van der Waals surface area contributed by atoms with E-state index in [2.05, 4.69) is 0 Å². The maximum absolute atomic E-state index is 11.0. The number of carbonyl (C=O) groups excluding carboxylic acids is 1. The molecule has 0 saturated carbocycles. The number of benzene rings is 1. The molecular weight excluding hydrogens is 202 g/mol. The van der Waals surface area contributed by atoms with Gasteiger partial charge in [0.05, 0.1) is 5.69 Å². The van der Waals surface area contributed by atoms with Gasteiger partial charge in [-0.15, -0.1) is 12.4 Å². The minimum absolute atomic E-state index is 0. The van der Waals surface area contributed by atoms with E-state index in [1.807, 2.05) is 19.1 Å². The summed E-state index contributed by atoms with van der Waals surface area (Å²) < 4.78 is 5.01. The largest absolute Gasteiger partial charge is 0.424 e. The van der Waals surface area contributed by atoms with Crippen LogP contribution in [0.4, 0.5) is 5.69 Å². The fraction of sp³-hybridized carbons (Fsp3) is 0.300. The van der Waals surface area contributed by atoms with E-state index in [0.29, 0.717) is 17.9 Å². The van der Waals surface area contributed by atoms with E-state index < -0.39 is 0 Å². The zero-order chi connectivity index (χ0) is 9.84. The van der Waals surface area contributed by atoms with Crippen molar-refractivity contribution in [3.05, 3.63) is 23.8 Å². The molecule has 1 rings (SSSR count). The second-order valence-electron chi connectivity index (χ2n) is 2.81. The summed E-state index contributed by atoms with van der Waals surface area (Å²) in [4.78, 5) is 11.0. The Morgan fingerprint density at radius 3 is 2.71 bits per heavy atom. The highest BCUT2D eigenvalue weighted by molar-refractivity contribution is 5.85. The molecule has 0 radical (unpaired) electrons. The fourth-order valence-electron chi connectivity index (χ4n) is 0.938.